The molecule has 8 heteroatoms. The van der Waals surface area contributed by atoms with Crippen molar-refractivity contribution >= 4 is 58.1 Å². The lowest BCUT2D eigenvalue weighted by atomic mass is 9.92. The number of nitrogens with zero attached hydrogens (tertiary/aromatic N) is 4. The van der Waals surface area contributed by atoms with Crippen molar-refractivity contribution in [1.29, 1.82) is 0 Å². The minimum Gasteiger partial charge on any atom is -0.318 e. The Balaban J connectivity index is 1.66. The average molecular weight is 580 g/mol. The van der Waals surface area contributed by atoms with Gasteiger partial charge in [-0.2, -0.15) is 5.10 Å². The molecule has 0 unspecified atom stereocenters. The summed E-state index contributed by atoms with van der Waals surface area (Å²) in [6, 6.07) is 23.8. The Bertz CT molecular complexity index is 1620. The fraction of sp³-hybridized carbons (Fsp3) is 0.133. The van der Waals surface area contributed by atoms with Gasteiger partial charge in [-0.1, -0.05) is 108 Å². The van der Waals surface area contributed by atoms with E-state index in [1.54, 1.807) is 12.1 Å². The van der Waals surface area contributed by atoms with Crippen molar-refractivity contribution in [3.63, 3.8) is 0 Å². The van der Waals surface area contributed by atoms with Crippen molar-refractivity contribution in [3.8, 4) is 16.9 Å². The molecule has 0 amide bonds. The van der Waals surface area contributed by atoms with Crippen LogP contribution in [0.3, 0.4) is 0 Å². The average Bonchev–Trinajstić information content (AvgIpc) is 3.30. The van der Waals surface area contributed by atoms with Crippen LogP contribution in [0.1, 0.15) is 36.1 Å². The molecule has 0 fully saturated rings. The lowest BCUT2D eigenvalue weighted by Gasteiger charge is -2.37. The first-order valence-electron chi connectivity index (χ1n) is 12.3. The van der Waals surface area contributed by atoms with Crippen LogP contribution in [0.25, 0.3) is 16.9 Å². The van der Waals surface area contributed by atoms with Crippen LogP contribution in [0, 0.1) is 0 Å². The maximum absolute atomic E-state index is 6.72. The summed E-state index contributed by atoms with van der Waals surface area (Å²) in [5.41, 5.74) is 5.83. The van der Waals surface area contributed by atoms with Gasteiger partial charge in [0.05, 0.1) is 37.4 Å². The van der Waals surface area contributed by atoms with Gasteiger partial charge in [0.1, 0.15) is 5.69 Å². The zero-order valence-corrected chi connectivity index (χ0v) is 23.4. The molecule has 1 atom stereocenters. The number of aromatic nitrogens is 2. The molecular formula is C30H22Cl4N4. The summed E-state index contributed by atoms with van der Waals surface area (Å²) >= 11 is 26.0. The molecule has 0 N–H and O–H groups in total. The number of aliphatic imine (C=N–C) groups is 1. The molecule has 1 aromatic heterocycles. The maximum atomic E-state index is 6.72. The molecule has 38 heavy (non-hydrogen) atoms. The number of hydrogen-bond donors (Lipinski definition) is 0. The van der Waals surface area contributed by atoms with Crippen LogP contribution in [0.4, 0.5) is 5.82 Å². The van der Waals surface area contributed by atoms with E-state index >= 15 is 0 Å². The fourth-order valence-corrected chi connectivity index (χ4v) is 5.79. The highest BCUT2D eigenvalue weighted by atomic mass is 35.5. The van der Waals surface area contributed by atoms with Crippen molar-refractivity contribution in [2.75, 3.05) is 0 Å². The van der Waals surface area contributed by atoms with Gasteiger partial charge < -0.3 is 4.90 Å². The van der Waals surface area contributed by atoms with Crippen molar-refractivity contribution in [1.82, 2.24) is 14.7 Å². The van der Waals surface area contributed by atoms with E-state index in [9.17, 15) is 0 Å². The second-order valence-corrected chi connectivity index (χ2v) is 10.9. The molecule has 4 aromatic rings. The first-order valence-corrected chi connectivity index (χ1v) is 13.8. The van der Waals surface area contributed by atoms with E-state index in [2.05, 4.69) is 31.2 Å². The quantitative estimate of drug-likeness (QED) is 0.236. The summed E-state index contributed by atoms with van der Waals surface area (Å²) in [5.74, 6) is 1.28. The molecule has 3 aromatic carbocycles. The van der Waals surface area contributed by atoms with Crippen LogP contribution < -0.4 is 0 Å². The minimum absolute atomic E-state index is 0.355. The standard InChI is InChI=1S/C30H22Cl4N4/c1-2-6-18-9-11-19(12-10-18)27-26-28(20-13-14-23(32)24(33)15-20)37-17-21(31)16-25(34)29(37)35-30(26)38(36-27)22-7-4-3-5-8-22/h3-5,7-17,28H,2,6H2,1H3/t28-/m1/s1. The van der Waals surface area contributed by atoms with E-state index in [1.165, 1.54) is 5.56 Å². The third kappa shape index (κ3) is 4.46. The predicted molar refractivity (Wildman–Crippen MR) is 158 cm³/mol. The zero-order valence-electron chi connectivity index (χ0n) is 20.4. The third-order valence-corrected chi connectivity index (χ3v) is 7.90. The molecule has 0 saturated heterocycles. The topological polar surface area (TPSA) is 33.4 Å². The first kappa shape index (κ1) is 25.3. The largest absolute Gasteiger partial charge is 0.318 e. The fourth-order valence-electron chi connectivity index (χ4n) is 4.96. The highest BCUT2D eigenvalue weighted by Gasteiger charge is 2.39. The molecule has 190 valence electrons. The summed E-state index contributed by atoms with van der Waals surface area (Å²) in [7, 11) is 0. The molecule has 0 radical (unpaired) electrons. The molecule has 2 aliphatic heterocycles. The van der Waals surface area contributed by atoms with E-state index in [-0.39, 0.29) is 6.04 Å². The monoisotopic (exact) mass is 578 g/mol. The van der Waals surface area contributed by atoms with Crippen molar-refractivity contribution in [3.05, 3.63) is 122 Å². The predicted octanol–water partition coefficient (Wildman–Crippen LogP) is 9.45. The first-order chi connectivity index (χ1) is 18.4. The van der Waals surface area contributed by atoms with Gasteiger partial charge in [0.15, 0.2) is 11.7 Å². The lowest BCUT2D eigenvalue weighted by Crippen LogP contribution is -2.35. The molecule has 6 rings (SSSR count). The van der Waals surface area contributed by atoms with Crippen LogP contribution in [0.2, 0.25) is 10.0 Å². The zero-order chi connectivity index (χ0) is 26.4. The number of para-hydroxylation sites is 1. The summed E-state index contributed by atoms with van der Waals surface area (Å²) in [4.78, 5) is 7.03. The molecule has 0 aliphatic carbocycles. The van der Waals surface area contributed by atoms with Crippen molar-refractivity contribution < 1.29 is 0 Å². The number of rotatable bonds is 5. The van der Waals surface area contributed by atoms with Crippen molar-refractivity contribution in [2.24, 2.45) is 4.99 Å². The van der Waals surface area contributed by atoms with Gasteiger partial charge in [-0.15, -0.1) is 0 Å². The van der Waals surface area contributed by atoms with Crippen molar-refractivity contribution in [2.45, 2.75) is 25.8 Å². The Morgan fingerprint density at radius 1 is 0.868 bits per heavy atom. The van der Waals surface area contributed by atoms with Gasteiger partial charge in [-0.25, -0.2) is 9.67 Å². The molecule has 3 heterocycles. The number of allylic oxidation sites excluding steroid dienone is 2. The van der Waals surface area contributed by atoms with Gasteiger partial charge >= 0.3 is 0 Å². The van der Waals surface area contributed by atoms with Gasteiger partial charge in [-0.05, 0) is 47.9 Å². The Morgan fingerprint density at radius 3 is 2.34 bits per heavy atom. The second-order valence-electron chi connectivity index (χ2n) is 9.21. The summed E-state index contributed by atoms with van der Waals surface area (Å²) in [6.07, 6.45) is 5.66. The van der Waals surface area contributed by atoms with Gasteiger partial charge in [0.2, 0.25) is 0 Å². The Morgan fingerprint density at radius 2 is 1.63 bits per heavy atom. The van der Waals surface area contributed by atoms with E-state index in [0.29, 0.717) is 31.8 Å². The lowest BCUT2D eigenvalue weighted by molar-refractivity contribution is 0.462. The van der Waals surface area contributed by atoms with Gasteiger partial charge in [0.25, 0.3) is 0 Å². The van der Waals surface area contributed by atoms with E-state index in [4.69, 9.17) is 56.5 Å². The van der Waals surface area contributed by atoms with Gasteiger partial charge in [-0.3, -0.25) is 0 Å². The number of fused-ring (bicyclic) bond motifs is 2. The Hall–Kier alpha value is -3.02. The van der Waals surface area contributed by atoms with E-state index < -0.39 is 0 Å². The Kier molecular flexibility index (Phi) is 6.83. The highest BCUT2D eigenvalue weighted by Crippen LogP contribution is 2.48. The number of amidine groups is 1. The summed E-state index contributed by atoms with van der Waals surface area (Å²) in [5, 5.41) is 7.03. The summed E-state index contributed by atoms with van der Waals surface area (Å²) in [6.45, 7) is 2.18. The van der Waals surface area contributed by atoms with Crippen LogP contribution in [-0.4, -0.2) is 20.5 Å². The van der Waals surface area contributed by atoms with E-state index in [1.807, 2.05) is 58.2 Å². The van der Waals surface area contributed by atoms with Crippen LogP contribution in [0.15, 0.2) is 100 Å². The second kappa shape index (κ2) is 10.3. The maximum Gasteiger partial charge on any atom is 0.164 e. The number of halogens is 4. The molecule has 0 spiro atoms. The van der Waals surface area contributed by atoms with Crippen LogP contribution >= 0.6 is 46.4 Å². The number of hydrogen-bond acceptors (Lipinski definition) is 3. The van der Waals surface area contributed by atoms with Crippen LogP contribution in [0.5, 0.6) is 0 Å². The van der Waals surface area contributed by atoms with E-state index in [0.717, 1.165) is 40.9 Å². The molecular weight excluding hydrogens is 558 g/mol. The molecule has 0 bridgehead atoms. The molecule has 4 nitrogen and oxygen atoms in total. The minimum atomic E-state index is -0.355. The smallest absolute Gasteiger partial charge is 0.164 e. The SMILES string of the molecule is CCCc1ccc(-c2nn(-c3ccccc3)c3c2[C@@H](c2ccc(Cl)c(Cl)c2)N2C=C(Cl)C=C(Cl)C2=N3)cc1. The number of benzene rings is 3. The van der Waals surface area contributed by atoms with Gasteiger partial charge in [0, 0.05) is 11.8 Å². The highest BCUT2D eigenvalue weighted by molar-refractivity contribution is 6.45. The normalized spacial score (nSPS) is 16.4. The third-order valence-electron chi connectivity index (χ3n) is 6.67. The molecule has 0 saturated carbocycles. The van der Waals surface area contributed by atoms with Crippen LogP contribution in [-0.2, 0) is 6.42 Å². The number of aryl methyl sites for hydroxylation is 1. The molecule has 2 aliphatic rings. The summed E-state index contributed by atoms with van der Waals surface area (Å²) < 4.78 is 1.88. The Labute approximate surface area is 241 Å².